The molecule has 22 heavy (non-hydrogen) atoms. The average Bonchev–Trinajstić information content (AvgIpc) is 3.27. The second kappa shape index (κ2) is 5.27. The number of piperidine rings is 1. The van der Waals surface area contributed by atoms with Gasteiger partial charge in [-0.1, -0.05) is 12.1 Å². The summed E-state index contributed by atoms with van der Waals surface area (Å²) in [5, 5.41) is 9.67. The molecule has 1 aromatic carbocycles. The summed E-state index contributed by atoms with van der Waals surface area (Å²) >= 11 is 0. The van der Waals surface area contributed by atoms with Crippen molar-refractivity contribution in [2.24, 2.45) is 0 Å². The summed E-state index contributed by atoms with van der Waals surface area (Å²) in [6.07, 6.45) is 6.59. The van der Waals surface area contributed by atoms with E-state index in [-0.39, 0.29) is 5.54 Å². The first-order chi connectivity index (χ1) is 10.7. The van der Waals surface area contributed by atoms with Crippen molar-refractivity contribution in [1.29, 1.82) is 0 Å². The fraction of sp³-hybridized carbons (Fsp3) is 0.611. The molecule has 0 aromatic heterocycles. The summed E-state index contributed by atoms with van der Waals surface area (Å²) < 4.78 is 0. The normalized spacial score (nSPS) is 29.5. The summed E-state index contributed by atoms with van der Waals surface area (Å²) in [5.41, 5.74) is 0.823. The molecule has 1 saturated carbocycles. The monoisotopic (exact) mass is 300 g/mol. The molecule has 0 bridgehead atoms. The molecule has 2 aliphatic heterocycles. The lowest BCUT2D eigenvalue weighted by Crippen LogP contribution is -2.60. The highest BCUT2D eigenvalue weighted by molar-refractivity contribution is 5.88. The van der Waals surface area contributed by atoms with Crippen molar-refractivity contribution >= 4 is 5.91 Å². The van der Waals surface area contributed by atoms with Crippen LogP contribution < -0.4 is 0 Å². The third-order valence-electron chi connectivity index (χ3n) is 5.54. The number of hydrogen-bond acceptors (Lipinski definition) is 3. The predicted molar refractivity (Wildman–Crippen MR) is 84.5 cm³/mol. The van der Waals surface area contributed by atoms with E-state index in [1.807, 2.05) is 18.2 Å². The Bertz CT molecular complexity index is 584. The van der Waals surface area contributed by atoms with Crippen molar-refractivity contribution in [3.8, 4) is 5.75 Å². The van der Waals surface area contributed by atoms with Crippen LogP contribution in [0.3, 0.4) is 0 Å². The molecule has 4 heteroatoms. The number of carbonyl (C=O) groups is 1. The van der Waals surface area contributed by atoms with Gasteiger partial charge < -0.3 is 10.0 Å². The number of likely N-dealkylation sites (tertiary alicyclic amines) is 2. The van der Waals surface area contributed by atoms with Gasteiger partial charge in [-0.05, 0) is 62.8 Å². The summed E-state index contributed by atoms with van der Waals surface area (Å²) in [5.74, 6) is 0.680. The number of hydrogen-bond donors (Lipinski definition) is 1. The van der Waals surface area contributed by atoms with E-state index in [1.54, 1.807) is 6.07 Å². The van der Waals surface area contributed by atoms with E-state index in [2.05, 4.69) is 9.80 Å². The van der Waals surface area contributed by atoms with E-state index < -0.39 is 0 Å². The van der Waals surface area contributed by atoms with Gasteiger partial charge in [-0.2, -0.15) is 0 Å². The molecule has 1 aliphatic carbocycles. The highest BCUT2D eigenvalue weighted by Gasteiger charge is 2.52. The van der Waals surface area contributed by atoms with Crippen molar-refractivity contribution in [1.82, 2.24) is 9.80 Å². The molecule has 1 spiro atoms. The van der Waals surface area contributed by atoms with Crippen molar-refractivity contribution in [3.63, 3.8) is 0 Å². The van der Waals surface area contributed by atoms with Gasteiger partial charge in [0.1, 0.15) is 11.3 Å². The van der Waals surface area contributed by atoms with Gasteiger partial charge >= 0.3 is 0 Å². The van der Waals surface area contributed by atoms with Crippen LogP contribution in [0.2, 0.25) is 0 Å². The fourth-order valence-corrected chi connectivity index (χ4v) is 4.32. The highest BCUT2D eigenvalue weighted by atomic mass is 16.3. The topological polar surface area (TPSA) is 43.8 Å². The number of nitrogens with zero attached hydrogens (tertiary/aromatic N) is 2. The Kier molecular flexibility index (Phi) is 3.37. The number of rotatable bonds is 3. The second-order valence-corrected chi connectivity index (χ2v) is 7.06. The van der Waals surface area contributed by atoms with E-state index >= 15 is 0 Å². The fourth-order valence-electron chi connectivity index (χ4n) is 4.32. The van der Waals surface area contributed by atoms with Crippen molar-refractivity contribution in [3.05, 3.63) is 29.8 Å². The molecule has 0 radical (unpaired) electrons. The van der Waals surface area contributed by atoms with E-state index in [9.17, 15) is 9.90 Å². The van der Waals surface area contributed by atoms with Gasteiger partial charge in [-0.25, -0.2) is 0 Å². The number of phenols is 1. The summed E-state index contributed by atoms with van der Waals surface area (Å²) in [6, 6.07) is 7.96. The lowest BCUT2D eigenvalue weighted by molar-refractivity contribution is -0.148. The van der Waals surface area contributed by atoms with Gasteiger partial charge in [0.05, 0.1) is 0 Å². The zero-order valence-corrected chi connectivity index (χ0v) is 13.0. The van der Waals surface area contributed by atoms with Crippen LogP contribution in [0.4, 0.5) is 0 Å². The number of phenolic OH excluding ortho intramolecular Hbond substituents is 1. The molecule has 2 heterocycles. The number of carbonyl (C=O) groups excluding carboxylic acids is 1. The van der Waals surface area contributed by atoms with E-state index in [0.29, 0.717) is 17.7 Å². The van der Waals surface area contributed by atoms with Crippen LogP contribution in [-0.4, -0.2) is 45.5 Å². The van der Waals surface area contributed by atoms with E-state index in [1.165, 1.54) is 12.8 Å². The Labute approximate surface area is 131 Å². The smallest absolute Gasteiger partial charge is 0.243 e. The Morgan fingerprint density at radius 1 is 1.18 bits per heavy atom. The van der Waals surface area contributed by atoms with Gasteiger partial charge in [0.25, 0.3) is 0 Å². The van der Waals surface area contributed by atoms with Crippen molar-refractivity contribution < 1.29 is 9.90 Å². The Morgan fingerprint density at radius 3 is 2.68 bits per heavy atom. The van der Waals surface area contributed by atoms with Crippen LogP contribution in [0.1, 0.15) is 44.1 Å². The molecule has 1 atom stereocenters. The number of benzene rings is 1. The SMILES string of the molecule is O=C1N(C2CC2)CCCC12CCCN2Cc1cccc(O)c1. The molecular formula is C18H24N2O2. The zero-order chi connectivity index (χ0) is 15.2. The van der Waals surface area contributed by atoms with Gasteiger partial charge in [0.2, 0.25) is 5.91 Å². The molecule has 4 nitrogen and oxygen atoms in total. The van der Waals surface area contributed by atoms with Crippen molar-refractivity contribution in [2.45, 2.75) is 56.7 Å². The van der Waals surface area contributed by atoms with Crippen LogP contribution >= 0.6 is 0 Å². The van der Waals surface area contributed by atoms with Crippen LogP contribution in [-0.2, 0) is 11.3 Å². The maximum absolute atomic E-state index is 13.1. The van der Waals surface area contributed by atoms with E-state index in [4.69, 9.17) is 0 Å². The molecule has 2 saturated heterocycles. The van der Waals surface area contributed by atoms with Gasteiger partial charge in [-0.3, -0.25) is 9.69 Å². The third-order valence-corrected chi connectivity index (χ3v) is 5.54. The third kappa shape index (κ3) is 2.30. The van der Waals surface area contributed by atoms with E-state index in [0.717, 1.165) is 50.9 Å². The van der Waals surface area contributed by atoms with Gasteiger partial charge in [0, 0.05) is 19.1 Å². The molecule has 1 N–H and O–H groups in total. The standard InChI is InChI=1S/C18H24N2O2/c21-16-5-1-4-14(12-16)13-19-10-2-8-18(19)9-3-11-20(17(18)22)15-6-7-15/h1,4-5,12,15,21H,2-3,6-11,13H2. The summed E-state index contributed by atoms with van der Waals surface area (Å²) in [4.78, 5) is 17.7. The quantitative estimate of drug-likeness (QED) is 0.933. The molecule has 1 aromatic rings. The predicted octanol–water partition coefficient (Wildman–Crippen LogP) is 2.51. The summed E-state index contributed by atoms with van der Waals surface area (Å²) in [7, 11) is 0. The molecule has 118 valence electrons. The molecular weight excluding hydrogens is 276 g/mol. The number of amides is 1. The zero-order valence-electron chi connectivity index (χ0n) is 13.0. The Morgan fingerprint density at radius 2 is 1.95 bits per heavy atom. The van der Waals surface area contributed by atoms with Crippen molar-refractivity contribution in [2.75, 3.05) is 13.1 Å². The minimum absolute atomic E-state index is 0.272. The van der Waals surface area contributed by atoms with Crippen LogP contribution in [0.5, 0.6) is 5.75 Å². The molecule has 1 unspecified atom stereocenters. The second-order valence-electron chi connectivity index (χ2n) is 7.06. The lowest BCUT2D eigenvalue weighted by Gasteiger charge is -2.45. The van der Waals surface area contributed by atoms with Crippen LogP contribution in [0.15, 0.2) is 24.3 Å². The molecule has 4 rings (SSSR count). The van der Waals surface area contributed by atoms with Gasteiger partial charge in [0.15, 0.2) is 0 Å². The minimum Gasteiger partial charge on any atom is -0.508 e. The molecule has 1 amide bonds. The van der Waals surface area contributed by atoms with Gasteiger partial charge in [-0.15, -0.1) is 0 Å². The molecule has 3 fully saturated rings. The average molecular weight is 300 g/mol. The summed E-state index contributed by atoms with van der Waals surface area (Å²) in [6.45, 7) is 2.70. The number of aromatic hydroxyl groups is 1. The first-order valence-electron chi connectivity index (χ1n) is 8.53. The Balaban J connectivity index is 1.57. The highest BCUT2D eigenvalue weighted by Crippen LogP contribution is 2.42. The van der Waals surface area contributed by atoms with Crippen LogP contribution in [0.25, 0.3) is 0 Å². The Hall–Kier alpha value is -1.55. The lowest BCUT2D eigenvalue weighted by atomic mass is 9.85. The molecule has 3 aliphatic rings. The first kappa shape index (κ1) is 14.1. The van der Waals surface area contributed by atoms with Crippen LogP contribution in [0, 0.1) is 0 Å². The maximum Gasteiger partial charge on any atom is 0.243 e. The largest absolute Gasteiger partial charge is 0.508 e. The first-order valence-corrected chi connectivity index (χ1v) is 8.53. The maximum atomic E-state index is 13.1. The minimum atomic E-state index is -0.272.